The Hall–Kier alpha value is -2.86. The molecule has 2 aromatic heterocycles. The summed E-state index contributed by atoms with van der Waals surface area (Å²) >= 11 is 5.97. The summed E-state index contributed by atoms with van der Waals surface area (Å²) < 4.78 is 6.94. The molecule has 1 aromatic carbocycles. The highest BCUT2D eigenvalue weighted by molar-refractivity contribution is 6.31. The Balaban J connectivity index is 1.74. The molecule has 0 fully saturated rings. The molecule has 1 amide bonds. The highest BCUT2D eigenvalue weighted by Crippen LogP contribution is 2.23. The number of hydrogen-bond acceptors (Lipinski definition) is 4. The molecule has 2 heterocycles. The van der Waals surface area contributed by atoms with Gasteiger partial charge in [-0.05, 0) is 29.8 Å². The lowest BCUT2D eigenvalue weighted by Gasteiger charge is -2.10. The molecule has 6 nitrogen and oxygen atoms in total. The third-order valence-corrected chi connectivity index (χ3v) is 3.93. The van der Waals surface area contributed by atoms with Crippen LogP contribution in [0.4, 0.5) is 0 Å². The van der Waals surface area contributed by atoms with Gasteiger partial charge in [-0.3, -0.25) is 14.5 Å². The number of carbonyl (C=O) groups excluding carboxylic acids is 1. The third kappa shape index (κ3) is 3.97. The predicted octanol–water partition coefficient (Wildman–Crippen LogP) is 3.07. The van der Waals surface area contributed by atoms with Gasteiger partial charge < -0.3 is 10.1 Å². The van der Waals surface area contributed by atoms with Crippen LogP contribution in [0.3, 0.4) is 0 Å². The number of rotatable bonds is 5. The highest BCUT2D eigenvalue weighted by Gasteiger charge is 2.13. The van der Waals surface area contributed by atoms with Crippen LogP contribution in [0, 0.1) is 0 Å². The zero-order valence-corrected chi connectivity index (χ0v) is 14.6. The van der Waals surface area contributed by atoms with Gasteiger partial charge in [0, 0.05) is 48.3 Å². The average Bonchev–Trinajstić information content (AvgIpc) is 3.06. The largest absolute Gasteiger partial charge is 0.496 e. The summed E-state index contributed by atoms with van der Waals surface area (Å²) in [4.78, 5) is 16.7. The average molecular weight is 357 g/mol. The number of hydrogen-bond donors (Lipinski definition) is 1. The lowest BCUT2D eigenvalue weighted by molar-refractivity contribution is 0.0948. The summed E-state index contributed by atoms with van der Waals surface area (Å²) in [7, 11) is 3.38. The summed E-state index contributed by atoms with van der Waals surface area (Å²) in [6, 6.07) is 6.90. The Morgan fingerprint density at radius 3 is 2.80 bits per heavy atom. The summed E-state index contributed by atoms with van der Waals surface area (Å²) in [5.41, 5.74) is 3.20. The number of nitrogens with zero attached hydrogens (tertiary/aromatic N) is 3. The van der Waals surface area contributed by atoms with Crippen molar-refractivity contribution in [1.82, 2.24) is 20.1 Å². The number of halogens is 1. The first kappa shape index (κ1) is 17.0. The molecule has 3 rings (SSSR count). The molecule has 0 spiro atoms. The third-order valence-electron chi connectivity index (χ3n) is 3.69. The standard InChI is InChI=1S/C18H17ClN4O2/c1-23-11-14(10-22-23)13-5-12(7-20-9-13)8-21-18(24)16-6-15(19)3-4-17(16)25-2/h3-7,9-11H,8H2,1-2H3,(H,21,24). The maximum atomic E-state index is 12.4. The smallest absolute Gasteiger partial charge is 0.255 e. The number of nitrogens with one attached hydrogen (secondary N) is 1. The molecule has 0 aliphatic carbocycles. The van der Waals surface area contributed by atoms with Crippen LogP contribution in [0.25, 0.3) is 11.1 Å². The second kappa shape index (κ2) is 7.36. The van der Waals surface area contributed by atoms with Crippen molar-refractivity contribution >= 4 is 17.5 Å². The molecule has 3 aromatic rings. The van der Waals surface area contributed by atoms with E-state index in [9.17, 15) is 4.79 Å². The molecule has 0 radical (unpaired) electrons. The van der Waals surface area contributed by atoms with Crippen molar-refractivity contribution in [2.75, 3.05) is 7.11 Å². The summed E-state index contributed by atoms with van der Waals surface area (Å²) in [5.74, 6) is 0.218. The molecule has 0 bridgehead atoms. The number of carbonyl (C=O) groups is 1. The van der Waals surface area contributed by atoms with E-state index in [1.54, 1.807) is 41.5 Å². The monoisotopic (exact) mass is 356 g/mol. The first-order valence-electron chi connectivity index (χ1n) is 7.61. The second-order valence-corrected chi connectivity index (χ2v) is 5.95. The Morgan fingerprint density at radius 2 is 2.08 bits per heavy atom. The Labute approximate surface area is 150 Å². The first-order valence-corrected chi connectivity index (χ1v) is 7.99. The number of aromatic nitrogens is 3. The van der Waals surface area contributed by atoms with Gasteiger partial charge in [-0.25, -0.2) is 0 Å². The van der Waals surface area contributed by atoms with Gasteiger partial charge in [-0.1, -0.05) is 11.6 Å². The van der Waals surface area contributed by atoms with E-state index >= 15 is 0 Å². The fraction of sp³-hybridized carbons (Fsp3) is 0.167. The maximum absolute atomic E-state index is 12.4. The van der Waals surface area contributed by atoms with E-state index in [-0.39, 0.29) is 5.91 Å². The van der Waals surface area contributed by atoms with Crippen LogP contribution < -0.4 is 10.1 Å². The molecule has 0 atom stereocenters. The lowest BCUT2D eigenvalue weighted by Crippen LogP contribution is -2.23. The predicted molar refractivity (Wildman–Crippen MR) is 95.6 cm³/mol. The van der Waals surface area contributed by atoms with Crippen molar-refractivity contribution in [3.05, 3.63) is 65.2 Å². The molecule has 0 aliphatic heterocycles. The molecule has 0 aliphatic rings. The molecule has 0 saturated heterocycles. The van der Waals surface area contributed by atoms with E-state index in [1.807, 2.05) is 19.3 Å². The fourth-order valence-corrected chi connectivity index (χ4v) is 2.62. The molecular weight excluding hydrogens is 340 g/mol. The van der Waals surface area contributed by atoms with Gasteiger partial charge in [-0.15, -0.1) is 0 Å². The first-order chi connectivity index (χ1) is 12.1. The number of methoxy groups -OCH3 is 1. The quantitative estimate of drug-likeness (QED) is 0.762. The van der Waals surface area contributed by atoms with E-state index in [4.69, 9.17) is 16.3 Å². The molecule has 7 heteroatoms. The zero-order valence-electron chi connectivity index (χ0n) is 13.9. The van der Waals surface area contributed by atoms with E-state index in [2.05, 4.69) is 15.4 Å². The van der Waals surface area contributed by atoms with E-state index in [0.29, 0.717) is 22.9 Å². The van der Waals surface area contributed by atoms with Crippen molar-refractivity contribution in [3.63, 3.8) is 0 Å². The van der Waals surface area contributed by atoms with Crippen LogP contribution in [-0.2, 0) is 13.6 Å². The Morgan fingerprint density at radius 1 is 1.24 bits per heavy atom. The highest BCUT2D eigenvalue weighted by atomic mass is 35.5. The number of pyridine rings is 1. The number of amides is 1. The lowest BCUT2D eigenvalue weighted by atomic mass is 10.1. The van der Waals surface area contributed by atoms with Gasteiger partial charge in [0.2, 0.25) is 0 Å². The molecule has 25 heavy (non-hydrogen) atoms. The van der Waals surface area contributed by atoms with Gasteiger partial charge in [0.05, 0.1) is 18.9 Å². The van der Waals surface area contributed by atoms with Crippen LogP contribution in [0.1, 0.15) is 15.9 Å². The van der Waals surface area contributed by atoms with Crippen molar-refractivity contribution in [2.24, 2.45) is 7.05 Å². The van der Waals surface area contributed by atoms with Crippen molar-refractivity contribution < 1.29 is 9.53 Å². The fourth-order valence-electron chi connectivity index (χ4n) is 2.45. The van der Waals surface area contributed by atoms with Gasteiger partial charge in [-0.2, -0.15) is 5.10 Å². The molecule has 1 N–H and O–H groups in total. The second-order valence-electron chi connectivity index (χ2n) is 5.51. The van der Waals surface area contributed by atoms with Crippen molar-refractivity contribution in [2.45, 2.75) is 6.54 Å². The van der Waals surface area contributed by atoms with Gasteiger partial charge in [0.1, 0.15) is 5.75 Å². The molecule has 0 saturated carbocycles. The number of aryl methyl sites for hydroxylation is 1. The molecular formula is C18H17ClN4O2. The minimum absolute atomic E-state index is 0.258. The van der Waals surface area contributed by atoms with E-state index in [1.165, 1.54) is 7.11 Å². The summed E-state index contributed by atoms with van der Waals surface area (Å²) in [5, 5.41) is 7.50. The van der Waals surface area contributed by atoms with Crippen LogP contribution in [-0.4, -0.2) is 27.8 Å². The van der Waals surface area contributed by atoms with Crippen LogP contribution in [0.5, 0.6) is 5.75 Å². The van der Waals surface area contributed by atoms with Crippen molar-refractivity contribution in [3.8, 4) is 16.9 Å². The van der Waals surface area contributed by atoms with Crippen LogP contribution in [0.2, 0.25) is 5.02 Å². The van der Waals surface area contributed by atoms with Crippen molar-refractivity contribution in [1.29, 1.82) is 0 Å². The summed E-state index contributed by atoms with van der Waals surface area (Å²) in [6.07, 6.45) is 7.17. The van der Waals surface area contributed by atoms with Crippen LogP contribution in [0.15, 0.2) is 49.1 Å². The summed E-state index contributed by atoms with van der Waals surface area (Å²) in [6.45, 7) is 0.343. The molecule has 128 valence electrons. The SMILES string of the molecule is COc1ccc(Cl)cc1C(=O)NCc1cncc(-c2cnn(C)c2)c1. The Kier molecular flexibility index (Phi) is 5.00. The maximum Gasteiger partial charge on any atom is 0.255 e. The van der Waals surface area contributed by atoms with E-state index < -0.39 is 0 Å². The number of ether oxygens (including phenoxy) is 1. The Bertz CT molecular complexity index is 908. The van der Waals surface area contributed by atoms with Crippen LogP contribution >= 0.6 is 11.6 Å². The molecule has 0 unspecified atom stereocenters. The number of benzene rings is 1. The van der Waals surface area contributed by atoms with Gasteiger partial charge >= 0.3 is 0 Å². The van der Waals surface area contributed by atoms with Gasteiger partial charge in [0.25, 0.3) is 5.91 Å². The normalized spacial score (nSPS) is 10.5. The zero-order chi connectivity index (χ0) is 17.8. The topological polar surface area (TPSA) is 69.0 Å². The van der Waals surface area contributed by atoms with Gasteiger partial charge in [0.15, 0.2) is 0 Å². The minimum Gasteiger partial charge on any atom is -0.496 e. The van der Waals surface area contributed by atoms with E-state index in [0.717, 1.165) is 16.7 Å². The minimum atomic E-state index is -0.258.